The van der Waals surface area contributed by atoms with Gasteiger partial charge in [-0.3, -0.25) is 9.89 Å². The number of aromatic nitrogens is 4. The fourth-order valence-corrected chi connectivity index (χ4v) is 1.36. The first-order valence-corrected chi connectivity index (χ1v) is 5.41. The lowest BCUT2D eigenvalue weighted by Crippen LogP contribution is -2.15. The van der Waals surface area contributed by atoms with E-state index in [4.69, 9.17) is 11.6 Å². The van der Waals surface area contributed by atoms with Gasteiger partial charge in [0.05, 0.1) is 5.02 Å². The van der Waals surface area contributed by atoms with Gasteiger partial charge in [-0.2, -0.15) is 0 Å². The van der Waals surface area contributed by atoms with Crippen LogP contribution >= 0.6 is 11.6 Å². The van der Waals surface area contributed by atoms with E-state index in [0.29, 0.717) is 23.1 Å². The molecule has 0 spiro atoms. The molecular formula is C10H10ClN5O. The lowest BCUT2D eigenvalue weighted by molar-refractivity contribution is 0.101. The van der Waals surface area contributed by atoms with Gasteiger partial charge in [-0.1, -0.05) is 18.5 Å². The Bertz CT molecular complexity index is 539. The molecule has 0 atom stereocenters. The van der Waals surface area contributed by atoms with Crippen molar-refractivity contribution >= 4 is 23.3 Å². The van der Waals surface area contributed by atoms with Gasteiger partial charge in [0.25, 0.3) is 5.91 Å². The predicted octanol–water partition coefficient (Wildman–Crippen LogP) is 1.67. The number of amides is 1. The summed E-state index contributed by atoms with van der Waals surface area (Å²) in [7, 11) is 0. The number of hydrogen-bond acceptors (Lipinski definition) is 4. The summed E-state index contributed by atoms with van der Waals surface area (Å²) in [5.74, 6) is 0.578. The zero-order valence-corrected chi connectivity index (χ0v) is 9.82. The van der Waals surface area contributed by atoms with E-state index in [1.807, 2.05) is 6.92 Å². The van der Waals surface area contributed by atoms with E-state index in [2.05, 4.69) is 25.5 Å². The second kappa shape index (κ2) is 4.92. The first kappa shape index (κ1) is 11.5. The molecule has 1 amide bonds. The van der Waals surface area contributed by atoms with Crippen LogP contribution in [-0.2, 0) is 6.42 Å². The number of carbonyl (C=O) groups excluding carboxylic acids is 1. The van der Waals surface area contributed by atoms with Crippen LogP contribution in [0.15, 0.2) is 18.3 Å². The maximum atomic E-state index is 11.7. The number of pyridine rings is 1. The average Bonchev–Trinajstić information content (AvgIpc) is 2.81. The molecule has 0 saturated heterocycles. The van der Waals surface area contributed by atoms with E-state index < -0.39 is 5.91 Å². The summed E-state index contributed by atoms with van der Waals surface area (Å²) in [6.45, 7) is 1.91. The lowest BCUT2D eigenvalue weighted by Gasteiger charge is -2.02. The monoisotopic (exact) mass is 251 g/mol. The Balaban J connectivity index is 2.14. The number of H-pyrrole nitrogens is 1. The third-order valence-electron chi connectivity index (χ3n) is 2.06. The zero-order valence-electron chi connectivity index (χ0n) is 9.07. The van der Waals surface area contributed by atoms with E-state index in [-0.39, 0.29) is 5.82 Å². The van der Waals surface area contributed by atoms with Crippen molar-refractivity contribution in [3.8, 4) is 0 Å². The molecule has 88 valence electrons. The van der Waals surface area contributed by atoms with Crippen LogP contribution in [0.5, 0.6) is 0 Å². The van der Waals surface area contributed by atoms with E-state index in [0.717, 1.165) is 0 Å². The molecule has 2 rings (SSSR count). The van der Waals surface area contributed by atoms with Gasteiger partial charge in [0.15, 0.2) is 5.82 Å². The smallest absolute Gasteiger partial charge is 0.296 e. The predicted molar refractivity (Wildman–Crippen MR) is 63.0 cm³/mol. The minimum absolute atomic E-state index is 0.0727. The van der Waals surface area contributed by atoms with Crippen LogP contribution in [0.3, 0.4) is 0 Å². The van der Waals surface area contributed by atoms with Gasteiger partial charge < -0.3 is 5.32 Å². The number of carbonyl (C=O) groups is 1. The molecule has 0 aliphatic rings. The standard InChI is InChI=1S/C10H10ClN5O/c1-2-7-13-9(16-15-7)10(17)14-8-6(11)4-3-5-12-8/h3-5H,2H2,1H3,(H,12,14,17)(H,13,15,16). The molecule has 2 aromatic heterocycles. The van der Waals surface area contributed by atoms with Crippen molar-refractivity contribution in [3.05, 3.63) is 35.0 Å². The van der Waals surface area contributed by atoms with Crippen molar-refractivity contribution in [2.75, 3.05) is 5.32 Å². The van der Waals surface area contributed by atoms with Gasteiger partial charge >= 0.3 is 0 Å². The third-order valence-corrected chi connectivity index (χ3v) is 2.37. The summed E-state index contributed by atoms with van der Waals surface area (Å²) in [6.07, 6.45) is 2.22. The van der Waals surface area contributed by atoms with E-state index in [1.54, 1.807) is 12.1 Å². The van der Waals surface area contributed by atoms with Crippen molar-refractivity contribution in [1.82, 2.24) is 20.2 Å². The van der Waals surface area contributed by atoms with E-state index in [1.165, 1.54) is 6.20 Å². The molecule has 0 aliphatic carbocycles. The highest BCUT2D eigenvalue weighted by Crippen LogP contribution is 2.17. The van der Waals surface area contributed by atoms with Gasteiger partial charge in [0, 0.05) is 12.6 Å². The number of hydrogen-bond donors (Lipinski definition) is 2. The molecular weight excluding hydrogens is 242 g/mol. The molecule has 6 nitrogen and oxygen atoms in total. The van der Waals surface area contributed by atoms with Gasteiger partial charge in [-0.25, -0.2) is 9.97 Å². The van der Waals surface area contributed by atoms with Crippen LogP contribution in [-0.4, -0.2) is 26.1 Å². The summed E-state index contributed by atoms with van der Waals surface area (Å²) >= 11 is 5.86. The number of aryl methyl sites for hydroxylation is 1. The van der Waals surface area contributed by atoms with Crippen LogP contribution in [0.2, 0.25) is 5.02 Å². The van der Waals surface area contributed by atoms with Crippen molar-refractivity contribution in [1.29, 1.82) is 0 Å². The Labute approximate surface area is 102 Å². The zero-order chi connectivity index (χ0) is 12.3. The minimum Gasteiger partial charge on any atom is -0.303 e. The summed E-state index contributed by atoms with van der Waals surface area (Å²) in [6, 6.07) is 3.32. The Morgan fingerprint density at radius 3 is 3.06 bits per heavy atom. The Kier molecular flexibility index (Phi) is 3.34. The summed E-state index contributed by atoms with van der Waals surface area (Å²) in [5, 5.41) is 9.36. The topological polar surface area (TPSA) is 83.6 Å². The molecule has 0 radical (unpaired) electrons. The largest absolute Gasteiger partial charge is 0.303 e. The molecule has 0 saturated carbocycles. The molecule has 0 aromatic carbocycles. The SMILES string of the molecule is CCc1nc(C(=O)Nc2ncccc2Cl)n[nH]1. The van der Waals surface area contributed by atoms with E-state index >= 15 is 0 Å². The van der Waals surface area contributed by atoms with Crippen LogP contribution in [0.1, 0.15) is 23.4 Å². The van der Waals surface area contributed by atoms with Crippen molar-refractivity contribution < 1.29 is 4.79 Å². The third kappa shape index (κ3) is 2.59. The van der Waals surface area contributed by atoms with Gasteiger partial charge in [0.1, 0.15) is 5.82 Å². The Morgan fingerprint density at radius 2 is 2.41 bits per heavy atom. The van der Waals surface area contributed by atoms with Gasteiger partial charge in [-0.15, -0.1) is 5.10 Å². The normalized spacial score (nSPS) is 10.2. The van der Waals surface area contributed by atoms with Crippen LogP contribution in [0.25, 0.3) is 0 Å². The van der Waals surface area contributed by atoms with Gasteiger partial charge in [-0.05, 0) is 12.1 Å². The molecule has 7 heteroatoms. The molecule has 0 fully saturated rings. The first-order chi connectivity index (χ1) is 8.20. The van der Waals surface area contributed by atoms with Crippen LogP contribution in [0, 0.1) is 0 Å². The molecule has 2 N–H and O–H groups in total. The molecule has 0 bridgehead atoms. The average molecular weight is 252 g/mol. The van der Waals surface area contributed by atoms with E-state index in [9.17, 15) is 4.79 Å². The highest BCUT2D eigenvalue weighted by atomic mass is 35.5. The van der Waals surface area contributed by atoms with Crippen LogP contribution < -0.4 is 5.32 Å². The summed E-state index contributed by atoms with van der Waals surface area (Å²) in [4.78, 5) is 19.7. The maximum Gasteiger partial charge on any atom is 0.296 e. The first-order valence-electron chi connectivity index (χ1n) is 5.04. The van der Waals surface area contributed by atoms with Crippen molar-refractivity contribution in [3.63, 3.8) is 0 Å². The fraction of sp³-hybridized carbons (Fsp3) is 0.200. The molecule has 0 unspecified atom stereocenters. The highest BCUT2D eigenvalue weighted by molar-refractivity contribution is 6.33. The second-order valence-corrected chi connectivity index (χ2v) is 3.65. The summed E-state index contributed by atoms with van der Waals surface area (Å²) < 4.78 is 0. The number of anilines is 1. The molecule has 17 heavy (non-hydrogen) atoms. The van der Waals surface area contributed by atoms with Gasteiger partial charge in [0.2, 0.25) is 5.82 Å². The number of aromatic amines is 1. The molecule has 2 heterocycles. The van der Waals surface area contributed by atoms with Crippen molar-refractivity contribution in [2.24, 2.45) is 0 Å². The molecule has 2 aromatic rings. The fourth-order valence-electron chi connectivity index (χ4n) is 1.20. The van der Waals surface area contributed by atoms with Crippen molar-refractivity contribution in [2.45, 2.75) is 13.3 Å². The number of rotatable bonds is 3. The number of nitrogens with one attached hydrogen (secondary N) is 2. The van der Waals surface area contributed by atoms with Crippen LogP contribution in [0.4, 0.5) is 5.82 Å². The number of halogens is 1. The maximum absolute atomic E-state index is 11.7. The summed E-state index contributed by atoms with van der Waals surface area (Å²) in [5.41, 5.74) is 0. The number of nitrogens with zero attached hydrogens (tertiary/aromatic N) is 3. The highest BCUT2D eigenvalue weighted by Gasteiger charge is 2.13. The molecule has 0 aliphatic heterocycles. The second-order valence-electron chi connectivity index (χ2n) is 3.25. The lowest BCUT2D eigenvalue weighted by atomic mass is 10.4. The Hall–Kier alpha value is -1.95. The Morgan fingerprint density at radius 1 is 1.59 bits per heavy atom. The minimum atomic E-state index is -0.443. The quantitative estimate of drug-likeness (QED) is 0.869.